The fourth-order valence-corrected chi connectivity index (χ4v) is 2.67. The molecule has 0 fully saturated rings. The van der Waals surface area contributed by atoms with E-state index in [1.807, 2.05) is 0 Å². The third-order valence-electron chi connectivity index (χ3n) is 2.57. The first-order chi connectivity index (χ1) is 8.66. The number of likely N-dealkylation sites (N-methyl/N-ethyl adjacent to an activating group) is 2. The van der Waals surface area contributed by atoms with Crippen molar-refractivity contribution in [3.63, 3.8) is 0 Å². The SMILES string of the molecule is CN(C)CCN(C)S(=O)(=O)c1cc(N)cc(F)c1F. The average molecular weight is 293 g/mol. The summed E-state index contributed by atoms with van der Waals surface area (Å²) in [4.78, 5) is 1.04. The van der Waals surface area contributed by atoms with Gasteiger partial charge in [0.25, 0.3) is 0 Å². The van der Waals surface area contributed by atoms with Crippen LogP contribution >= 0.6 is 0 Å². The number of anilines is 1. The molecule has 1 aromatic rings. The maximum absolute atomic E-state index is 13.6. The molecule has 1 aromatic carbocycles. The van der Waals surface area contributed by atoms with Crippen LogP contribution in [0.5, 0.6) is 0 Å². The van der Waals surface area contributed by atoms with Crippen LogP contribution in [0.15, 0.2) is 17.0 Å². The summed E-state index contributed by atoms with van der Waals surface area (Å²) in [6.07, 6.45) is 0. The molecular formula is C11H17F2N3O2S. The topological polar surface area (TPSA) is 66.6 Å². The standard InChI is InChI=1S/C11H17F2N3O2S/c1-15(2)4-5-16(3)19(17,18)10-7-8(14)6-9(12)11(10)13/h6-7H,4-5,14H2,1-3H3. The molecule has 1 rings (SSSR count). The lowest BCUT2D eigenvalue weighted by molar-refractivity contribution is 0.357. The van der Waals surface area contributed by atoms with Crippen LogP contribution in [-0.2, 0) is 10.0 Å². The van der Waals surface area contributed by atoms with E-state index < -0.39 is 26.6 Å². The van der Waals surface area contributed by atoms with Crippen LogP contribution in [0.2, 0.25) is 0 Å². The lowest BCUT2D eigenvalue weighted by Crippen LogP contribution is -2.34. The molecule has 0 unspecified atom stereocenters. The first kappa shape index (κ1) is 15.8. The van der Waals surface area contributed by atoms with Gasteiger partial charge in [-0.25, -0.2) is 17.2 Å². The molecule has 2 N–H and O–H groups in total. The number of halogens is 2. The molecule has 0 radical (unpaired) electrons. The van der Waals surface area contributed by atoms with Gasteiger partial charge < -0.3 is 10.6 Å². The Morgan fingerprint density at radius 3 is 2.26 bits per heavy atom. The highest BCUT2D eigenvalue weighted by Gasteiger charge is 2.26. The van der Waals surface area contributed by atoms with Gasteiger partial charge in [-0.3, -0.25) is 0 Å². The smallest absolute Gasteiger partial charge is 0.245 e. The van der Waals surface area contributed by atoms with Crippen LogP contribution in [0.25, 0.3) is 0 Å². The minimum Gasteiger partial charge on any atom is -0.399 e. The van der Waals surface area contributed by atoms with Crippen LogP contribution in [0.3, 0.4) is 0 Å². The third kappa shape index (κ3) is 3.62. The van der Waals surface area contributed by atoms with E-state index in [0.717, 1.165) is 16.4 Å². The molecule has 0 aliphatic heterocycles. The van der Waals surface area contributed by atoms with E-state index >= 15 is 0 Å². The summed E-state index contributed by atoms with van der Waals surface area (Å²) in [5.41, 5.74) is 5.21. The fraction of sp³-hybridized carbons (Fsp3) is 0.455. The summed E-state index contributed by atoms with van der Waals surface area (Å²) in [7, 11) is 0.764. The molecule has 0 bridgehead atoms. The quantitative estimate of drug-likeness (QED) is 0.813. The van der Waals surface area contributed by atoms with Gasteiger partial charge in [-0.2, -0.15) is 4.31 Å². The van der Waals surface area contributed by atoms with E-state index in [0.29, 0.717) is 6.54 Å². The number of nitrogen functional groups attached to an aromatic ring is 1. The van der Waals surface area contributed by atoms with Crippen molar-refractivity contribution < 1.29 is 17.2 Å². The Morgan fingerprint density at radius 2 is 1.74 bits per heavy atom. The van der Waals surface area contributed by atoms with Crippen molar-refractivity contribution in [1.82, 2.24) is 9.21 Å². The van der Waals surface area contributed by atoms with E-state index in [4.69, 9.17) is 5.73 Å². The molecule has 0 aliphatic rings. The van der Waals surface area contributed by atoms with Crippen molar-refractivity contribution in [3.8, 4) is 0 Å². The summed E-state index contributed by atoms with van der Waals surface area (Å²) in [6.45, 7) is 0.618. The molecule has 0 saturated carbocycles. The van der Waals surface area contributed by atoms with Gasteiger partial charge >= 0.3 is 0 Å². The molecule has 19 heavy (non-hydrogen) atoms. The van der Waals surface area contributed by atoms with E-state index in [2.05, 4.69) is 0 Å². The van der Waals surface area contributed by atoms with Crippen molar-refractivity contribution in [1.29, 1.82) is 0 Å². The molecule has 108 valence electrons. The van der Waals surface area contributed by atoms with E-state index in [1.165, 1.54) is 7.05 Å². The molecule has 0 saturated heterocycles. The number of hydrogen-bond donors (Lipinski definition) is 1. The van der Waals surface area contributed by atoms with Crippen molar-refractivity contribution in [2.24, 2.45) is 0 Å². The molecule has 8 heteroatoms. The molecule has 0 aliphatic carbocycles. The highest BCUT2D eigenvalue weighted by molar-refractivity contribution is 7.89. The van der Waals surface area contributed by atoms with Crippen LogP contribution in [0.1, 0.15) is 0 Å². The van der Waals surface area contributed by atoms with E-state index in [1.54, 1.807) is 19.0 Å². The van der Waals surface area contributed by atoms with Crippen LogP contribution in [0.4, 0.5) is 14.5 Å². The average Bonchev–Trinajstić information content (AvgIpc) is 2.30. The second-order valence-electron chi connectivity index (χ2n) is 4.44. The first-order valence-corrected chi connectivity index (χ1v) is 6.96. The Kier molecular flexibility index (Phi) is 4.83. The zero-order valence-electron chi connectivity index (χ0n) is 11.0. The lowest BCUT2D eigenvalue weighted by atomic mass is 10.3. The Morgan fingerprint density at radius 1 is 1.16 bits per heavy atom. The minimum absolute atomic E-state index is 0.140. The maximum atomic E-state index is 13.6. The molecule has 0 atom stereocenters. The van der Waals surface area contributed by atoms with Crippen LogP contribution in [-0.4, -0.2) is 51.9 Å². The van der Waals surface area contributed by atoms with Gasteiger partial charge in [0.15, 0.2) is 11.6 Å². The number of benzene rings is 1. The number of sulfonamides is 1. The second-order valence-corrected chi connectivity index (χ2v) is 6.46. The van der Waals surface area contributed by atoms with Crippen molar-refractivity contribution in [3.05, 3.63) is 23.8 Å². The number of rotatable bonds is 5. The lowest BCUT2D eigenvalue weighted by Gasteiger charge is -2.20. The predicted molar refractivity (Wildman–Crippen MR) is 69.1 cm³/mol. The van der Waals surface area contributed by atoms with Gasteiger partial charge in [-0.1, -0.05) is 0 Å². The number of nitrogens with zero attached hydrogens (tertiary/aromatic N) is 2. The molecule has 5 nitrogen and oxygen atoms in total. The van der Waals surface area contributed by atoms with E-state index in [-0.39, 0.29) is 12.2 Å². The fourth-order valence-electron chi connectivity index (χ4n) is 1.40. The molecular weight excluding hydrogens is 276 g/mol. The second kappa shape index (κ2) is 5.81. The summed E-state index contributed by atoms with van der Waals surface area (Å²) in [6, 6.07) is 1.66. The zero-order chi connectivity index (χ0) is 14.8. The summed E-state index contributed by atoms with van der Waals surface area (Å²) in [5.74, 6) is -2.69. The summed E-state index contributed by atoms with van der Waals surface area (Å²) < 4.78 is 52.0. The van der Waals surface area contributed by atoms with Crippen molar-refractivity contribution >= 4 is 15.7 Å². The third-order valence-corrected chi connectivity index (χ3v) is 4.42. The normalized spacial score (nSPS) is 12.4. The Labute approximate surface area is 111 Å². The van der Waals surface area contributed by atoms with Crippen molar-refractivity contribution in [2.45, 2.75) is 4.90 Å². The van der Waals surface area contributed by atoms with Gasteiger partial charge in [0.1, 0.15) is 4.90 Å². The first-order valence-electron chi connectivity index (χ1n) is 5.52. The maximum Gasteiger partial charge on any atom is 0.245 e. The predicted octanol–water partition coefficient (Wildman–Crippen LogP) is 0.729. The zero-order valence-corrected chi connectivity index (χ0v) is 11.8. The largest absolute Gasteiger partial charge is 0.399 e. The van der Waals surface area contributed by atoms with Crippen LogP contribution in [0, 0.1) is 11.6 Å². The van der Waals surface area contributed by atoms with Gasteiger partial charge in [-0.15, -0.1) is 0 Å². The Bertz CT molecular complexity index is 561. The highest BCUT2D eigenvalue weighted by atomic mass is 32.2. The number of hydrogen-bond acceptors (Lipinski definition) is 4. The van der Waals surface area contributed by atoms with Gasteiger partial charge in [0, 0.05) is 25.8 Å². The number of nitrogens with two attached hydrogens (primary N) is 1. The highest BCUT2D eigenvalue weighted by Crippen LogP contribution is 2.23. The van der Waals surface area contributed by atoms with Crippen molar-refractivity contribution in [2.75, 3.05) is 40.0 Å². The Balaban J connectivity index is 3.13. The summed E-state index contributed by atoms with van der Waals surface area (Å²) >= 11 is 0. The minimum atomic E-state index is -4.10. The van der Waals surface area contributed by atoms with Gasteiger partial charge in [0.05, 0.1) is 0 Å². The Hall–Kier alpha value is -1.25. The van der Waals surface area contributed by atoms with Crippen LogP contribution < -0.4 is 5.73 Å². The molecule has 0 spiro atoms. The monoisotopic (exact) mass is 293 g/mol. The molecule has 0 heterocycles. The van der Waals surface area contributed by atoms with E-state index in [9.17, 15) is 17.2 Å². The molecule has 0 amide bonds. The molecule has 0 aromatic heterocycles. The van der Waals surface area contributed by atoms with Gasteiger partial charge in [-0.05, 0) is 26.2 Å². The van der Waals surface area contributed by atoms with Gasteiger partial charge in [0.2, 0.25) is 10.0 Å². The summed E-state index contributed by atoms with van der Waals surface area (Å²) in [5, 5.41) is 0.